The first-order valence-electron chi connectivity index (χ1n) is 7.65. The summed E-state index contributed by atoms with van der Waals surface area (Å²) >= 11 is 0. The molecule has 6 heteroatoms. The molecule has 1 aliphatic carbocycles. The third-order valence-electron chi connectivity index (χ3n) is 4.72. The largest absolute Gasteiger partial charge is 0.481 e. The van der Waals surface area contributed by atoms with E-state index in [2.05, 4.69) is 5.32 Å². The highest BCUT2D eigenvalue weighted by atomic mass is 16.4. The minimum atomic E-state index is -0.826. The van der Waals surface area contributed by atoms with E-state index in [4.69, 9.17) is 5.11 Å². The van der Waals surface area contributed by atoms with Gasteiger partial charge in [0, 0.05) is 32.5 Å². The lowest BCUT2D eigenvalue weighted by Gasteiger charge is -2.32. The van der Waals surface area contributed by atoms with E-state index in [-0.39, 0.29) is 36.1 Å². The molecule has 6 nitrogen and oxygen atoms in total. The van der Waals surface area contributed by atoms with Crippen molar-refractivity contribution in [1.29, 1.82) is 0 Å². The predicted octanol–water partition coefficient (Wildman–Crippen LogP) is 1.15. The summed E-state index contributed by atoms with van der Waals surface area (Å²) in [4.78, 5) is 36.3. The molecule has 0 bridgehead atoms. The lowest BCUT2D eigenvalue weighted by Crippen LogP contribution is -2.49. The zero-order chi connectivity index (χ0) is 15.5. The molecule has 1 unspecified atom stereocenters. The number of aliphatic carboxylic acids is 1. The molecule has 1 aliphatic heterocycles. The standard InChI is InChI=1S/C15H24N2O4/c1-17-10-11(4-5-13(17)19)16-12(18)8-15(9-14(20)21)6-2-3-7-15/h11H,2-10H2,1H3,(H,16,18)(H,20,21). The molecule has 1 saturated carbocycles. The molecular weight excluding hydrogens is 272 g/mol. The quantitative estimate of drug-likeness (QED) is 0.796. The number of carboxylic acids is 1. The fraction of sp³-hybridized carbons (Fsp3) is 0.800. The van der Waals surface area contributed by atoms with Gasteiger partial charge in [-0.1, -0.05) is 12.8 Å². The molecule has 1 atom stereocenters. The number of amides is 2. The molecule has 1 heterocycles. The lowest BCUT2D eigenvalue weighted by molar-refractivity contribution is -0.140. The van der Waals surface area contributed by atoms with Crippen LogP contribution in [0.3, 0.4) is 0 Å². The van der Waals surface area contributed by atoms with E-state index in [0.717, 1.165) is 25.7 Å². The zero-order valence-corrected chi connectivity index (χ0v) is 12.6. The van der Waals surface area contributed by atoms with Gasteiger partial charge in [-0.25, -0.2) is 0 Å². The van der Waals surface area contributed by atoms with Crippen LogP contribution in [0.5, 0.6) is 0 Å². The summed E-state index contributed by atoms with van der Waals surface area (Å²) in [6, 6.07) is -0.0107. The average Bonchev–Trinajstić information content (AvgIpc) is 2.80. The molecule has 1 saturated heterocycles. The minimum absolute atomic E-state index is 0.0107. The number of carbonyl (C=O) groups is 3. The SMILES string of the molecule is CN1CC(NC(=O)CC2(CC(=O)O)CCCC2)CCC1=O. The van der Waals surface area contributed by atoms with Crippen molar-refractivity contribution >= 4 is 17.8 Å². The Bertz CT molecular complexity index is 429. The Morgan fingerprint density at radius 1 is 1.33 bits per heavy atom. The summed E-state index contributed by atoms with van der Waals surface area (Å²) in [7, 11) is 1.74. The van der Waals surface area contributed by atoms with E-state index in [1.807, 2.05) is 0 Å². The van der Waals surface area contributed by atoms with Crippen LogP contribution in [0.4, 0.5) is 0 Å². The van der Waals surface area contributed by atoms with Gasteiger partial charge >= 0.3 is 5.97 Å². The molecule has 0 spiro atoms. The minimum Gasteiger partial charge on any atom is -0.481 e. The maximum Gasteiger partial charge on any atom is 0.303 e. The van der Waals surface area contributed by atoms with Crippen molar-refractivity contribution in [1.82, 2.24) is 10.2 Å². The number of hydrogen-bond donors (Lipinski definition) is 2. The van der Waals surface area contributed by atoms with E-state index >= 15 is 0 Å². The van der Waals surface area contributed by atoms with Crippen LogP contribution >= 0.6 is 0 Å². The molecule has 2 rings (SSSR count). The smallest absolute Gasteiger partial charge is 0.303 e. The Morgan fingerprint density at radius 2 is 2.00 bits per heavy atom. The van der Waals surface area contributed by atoms with Crippen molar-refractivity contribution < 1.29 is 19.5 Å². The van der Waals surface area contributed by atoms with Gasteiger partial charge in [0.25, 0.3) is 0 Å². The van der Waals surface area contributed by atoms with E-state index in [1.54, 1.807) is 11.9 Å². The summed E-state index contributed by atoms with van der Waals surface area (Å²) in [5.74, 6) is -0.794. The van der Waals surface area contributed by atoms with Gasteiger partial charge in [-0.2, -0.15) is 0 Å². The number of rotatable bonds is 5. The van der Waals surface area contributed by atoms with Crippen molar-refractivity contribution in [2.45, 2.75) is 57.4 Å². The van der Waals surface area contributed by atoms with E-state index in [9.17, 15) is 14.4 Å². The van der Waals surface area contributed by atoms with Crippen LogP contribution in [0.1, 0.15) is 51.4 Å². The van der Waals surface area contributed by atoms with Gasteiger partial charge in [-0.15, -0.1) is 0 Å². The Morgan fingerprint density at radius 3 is 2.57 bits per heavy atom. The lowest BCUT2D eigenvalue weighted by atomic mass is 9.79. The molecule has 2 amide bonds. The Hall–Kier alpha value is -1.59. The Balaban J connectivity index is 1.88. The summed E-state index contributed by atoms with van der Waals surface area (Å²) < 4.78 is 0. The molecule has 21 heavy (non-hydrogen) atoms. The van der Waals surface area contributed by atoms with Gasteiger partial charge < -0.3 is 15.3 Å². The third kappa shape index (κ3) is 4.19. The van der Waals surface area contributed by atoms with Crippen molar-refractivity contribution in [3.8, 4) is 0 Å². The zero-order valence-electron chi connectivity index (χ0n) is 12.6. The number of hydrogen-bond acceptors (Lipinski definition) is 3. The maximum atomic E-state index is 12.2. The topological polar surface area (TPSA) is 86.7 Å². The summed E-state index contributed by atoms with van der Waals surface area (Å²) in [5, 5.41) is 12.0. The van der Waals surface area contributed by atoms with Gasteiger partial charge in [-0.3, -0.25) is 14.4 Å². The number of piperidine rings is 1. The second kappa shape index (κ2) is 6.45. The monoisotopic (exact) mass is 296 g/mol. The Kier molecular flexibility index (Phi) is 4.85. The average molecular weight is 296 g/mol. The molecular formula is C15H24N2O4. The summed E-state index contributed by atoms with van der Waals surface area (Å²) in [5.41, 5.74) is -0.369. The van der Waals surface area contributed by atoms with Crippen LogP contribution in [0.25, 0.3) is 0 Å². The first kappa shape index (κ1) is 15.8. The van der Waals surface area contributed by atoms with E-state index < -0.39 is 5.97 Å². The maximum absolute atomic E-state index is 12.2. The molecule has 2 fully saturated rings. The number of nitrogens with zero attached hydrogens (tertiary/aromatic N) is 1. The normalized spacial score (nSPS) is 24.9. The molecule has 0 radical (unpaired) electrons. The number of nitrogens with one attached hydrogen (secondary N) is 1. The first-order chi connectivity index (χ1) is 9.90. The number of carboxylic acid groups (broad SMARTS) is 1. The fourth-order valence-electron chi connectivity index (χ4n) is 3.61. The van der Waals surface area contributed by atoms with Gasteiger partial charge in [0.05, 0.1) is 6.42 Å². The van der Waals surface area contributed by atoms with Crippen molar-refractivity contribution in [3.05, 3.63) is 0 Å². The van der Waals surface area contributed by atoms with Crippen LogP contribution in [-0.4, -0.2) is 47.4 Å². The van der Waals surface area contributed by atoms with E-state index in [1.165, 1.54) is 0 Å². The van der Waals surface area contributed by atoms with Crippen LogP contribution in [0, 0.1) is 5.41 Å². The molecule has 2 aliphatic rings. The highest BCUT2D eigenvalue weighted by molar-refractivity contribution is 5.80. The van der Waals surface area contributed by atoms with Crippen molar-refractivity contribution in [3.63, 3.8) is 0 Å². The number of likely N-dealkylation sites (tertiary alicyclic amines) is 1. The van der Waals surface area contributed by atoms with Gasteiger partial charge in [0.1, 0.15) is 0 Å². The molecule has 2 N–H and O–H groups in total. The fourth-order valence-corrected chi connectivity index (χ4v) is 3.61. The van der Waals surface area contributed by atoms with Crippen LogP contribution in [0.15, 0.2) is 0 Å². The summed E-state index contributed by atoms with van der Waals surface area (Å²) in [6.45, 7) is 0.538. The number of likely N-dealkylation sites (N-methyl/N-ethyl adjacent to an activating group) is 1. The van der Waals surface area contributed by atoms with Crippen LogP contribution < -0.4 is 5.32 Å². The highest BCUT2D eigenvalue weighted by Gasteiger charge is 2.38. The van der Waals surface area contributed by atoms with E-state index in [0.29, 0.717) is 19.4 Å². The van der Waals surface area contributed by atoms with Gasteiger partial charge in [0.15, 0.2) is 0 Å². The molecule has 0 aromatic rings. The highest BCUT2D eigenvalue weighted by Crippen LogP contribution is 2.44. The third-order valence-corrected chi connectivity index (χ3v) is 4.72. The second-order valence-electron chi connectivity index (χ2n) is 6.53. The van der Waals surface area contributed by atoms with Gasteiger partial charge in [-0.05, 0) is 24.7 Å². The van der Waals surface area contributed by atoms with Crippen LogP contribution in [-0.2, 0) is 14.4 Å². The second-order valence-corrected chi connectivity index (χ2v) is 6.53. The van der Waals surface area contributed by atoms with Crippen LogP contribution in [0.2, 0.25) is 0 Å². The first-order valence-corrected chi connectivity index (χ1v) is 7.65. The van der Waals surface area contributed by atoms with Crippen molar-refractivity contribution in [2.75, 3.05) is 13.6 Å². The number of carbonyl (C=O) groups excluding carboxylic acids is 2. The van der Waals surface area contributed by atoms with Crippen molar-refractivity contribution in [2.24, 2.45) is 5.41 Å². The molecule has 0 aromatic heterocycles. The molecule has 118 valence electrons. The predicted molar refractivity (Wildman–Crippen MR) is 76.6 cm³/mol. The van der Waals surface area contributed by atoms with Gasteiger partial charge in [0.2, 0.25) is 11.8 Å². The Labute approximate surface area is 124 Å². The molecule has 0 aromatic carbocycles. The summed E-state index contributed by atoms with van der Waals surface area (Å²) in [6.07, 6.45) is 5.12.